The van der Waals surface area contributed by atoms with Crippen molar-refractivity contribution in [2.24, 2.45) is 4.99 Å². The van der Waals surface area contributed by atoms with E-state index >= 15 is 0 Å². The molecule has 3 fully saturated rings. The maximum absolute atomic E-state index is 14.8. The van der Waals surface area contributed by atoms with Gasteiger partial charge in [-0.1, -0.05) is 13.0 Å². The van der Waals surface area contributed by atoms with Crippen LogP contribution in [0.5, 0.6) is 0 Å². The summed E-state index contributed by atoms with van der Waals surface area (Å²) >= 11 is 0. The summed E-state index contributed by atoms with van der Waals surface area (Å²) in [5.41, 5.74) is 1.66. The van der Waals surface area contributed by atoms with E-state index in [1.165, 1.54) is 0 Å². The molecule has 1 N–H and O–H groups in total. The number of morpholine rings is 1. The lowest BCUT2D eigenvalue weighted by molar-refractivity contribution is 0.0195. The molecule has 0 aliphatic carbocycles. The molecule has 1 atom stereocenters. The zero-order valence-electron chi connectivity index (χ0n) is 19.4. The van der Waals surface area contributed by atoms with Gasteiger partial charge in [-0.15, -0.1) is 24.0 Å². The number of guanidine groups is 1. The molecule has 0 amide bonds. The van der Waals surface area contributed by atoms with Gasteiger partial charge in [0.15, 0.2) is 5.96 Å². The molecule has 1 unspecified atom stereocenters. The third-order valence-electron chi connectivity index (χ3n) is 6.86. The first kappa shape index (κ1) is 25.5. The van der Waals surface area contributed by atoms with Gasteiger partial charge in [0.2, 0.25) is 0 Å². The highest BCUT2D eigenvalue weighted by Gasteiger charge is 2.30. The molecule has 1 aromatic rings. The van der Waals surface area contributed by atoms with Crippen LogP contribution in [0, 0.1) is 5.82 Å². The van der Waals surface area contributed by atoms with Gasteiger partial charge in [-0.05, 0) is 30.7 Å². The molecule has 3 aliphatic rings. The average Bonchev–Trinajstić information content (AvgIpc) is 3.30. The predicted octanol–water partition coefficient (Wildman–Crippen LogP) is 2.07. The molecule has 3 aliphatic heterocycles. The van der Waals surface area contributed by atoms with Gasteiger partial charge in [-0.2, -0.15) is 0 Å². The number of nitrogens with one attached hydrogen (secondary N) is 1. The van der Waals surface area contributed by atoms with Gasteiger partial charge in [-0.3, -0.25) is 9.89 Å². The van der Waals surface area contributed by atoms with E-state index in [2.05, 4.69) is 36.8 Å². The van der Waals surface area contributed by atoms with E-state index < -0.39 is 0 Å². The van der Waals surface area contributed by atoms with Crippen molar-refractivity contribution in [3.05, 3.63) is 29.6 Å². The second-order valence-corrected chi connectivity index (χ2v) is 8.64. The number of nitrogens with zero attached hydrogens (tertiary/aromatic N) is 5. The Morgan fingerprint density at radius 3 is 2.53 bits per heavy atom. The number of ether oxygens (including phenoxy) is 1. The van der Waals surface area contributed by atoms with Crippen molar-refractivity contribution in [3.8, 4) is 0 Å². The van der Waals surface area contributed by atoms with Crippen molar-refractivity contribution < 1.29 is 9.13 Å². The molecule has 0 radical (unpaired) electrons. The largest absolute Gasteiger partial charge is 0.379 e. The number of hydrogen-bond donors (Lipinski definition) is 1. The van der Waals surface area contributed by atoms with E-state index in [4.69, 9.17) is 4.74 Å². The van der Waals surface area contributed by atoms with Gasteiger partial charge in [0, 0.05) is 72.0 Å². The Bertz CT molecular complexity index is 752. The first-order valence-electron chi connectivity index (χ1n) is 11.7. The van der Waals surface area contributed by atoms with Crippen molar-refractivity contribution in [3.63, 3.8) is 0 Å². The quantitative estimate of drug-likeness (QED) is 0.338. The number of halogens is 2. The van der Waals surface area contributed by atoms with Crippen molar-refractivity contribution in [2.75, 3.05) is 84.1 Å². The number of rotatable bonds is 5. The van der Waals surface area contributed by atoms with Crippen LogP contribution in [0.3, 0.4) is 0 Å². The van der Waals surface area contributed by atoms with E-state index in [-0.39, 0.29) is 29.8 Å². The lowest BCUT2D eigenvalue weighted by Gasteiger charge is -2.35. The molecule has 3 heterocycles. The highest BCUT2D eigenvalue weighted by atomic mass is 127. The zero-order valence-corrected chi connectivity index (χ0v) is 21.8. The normalized spacial score (nSPS) is 23.3. The first-order valence-corrected chi connectivity index (χ1v) is 11.7. The maximum Gasteiger partial charge on any atom is 0.193 e. The monoisotopic (exact) mass is 560 g/mol. The molecular formula is C23H38FIN6O. The minimum atomic E-state index is -0.132. The van der Waals surface area contributed by atoms with Gasteiger partial charge >= 0.3 is 0 Å². The molecule has 3 saturated heterocycles. The number of aliphatic imine (C=N–C) groups is 1. The molecule has 32 heavy (non-hydrogen) atoms. The summed E-state index contributed by atoms with van der Waals surface area (Å²) in [6.45, 7) is 13.3. The topological polar surface area (TPSA) is 46.6 Å². The van der Waals surface area contributed by atoms with Crippen molar-refractivity contribution in [1.82, 2.24) is 20.0 Å². The highest BCUT2D eigenvalue weighted by Crippen LogP contribution is 2.22. The summed E-state index contributed by atoms with van der Waals surface area (Å²) in [6, 6.07) is 6.20. The molecule has 4 rings (SSSR count). The molecule has 0 aromatic heterocycles. The first-order chi connectivity index (χ1) is 15.2. The molecule has 7 nitrogen and oxygen atoms in total. The van der Waals surface area contributed by atoms with Gasteiger partial charge in [0.05, 0.1) is 18.9 Å². The van der Waals surface area contributed by atoms with E-state index in [1.807, 2.05) is 19.2 Å². The molecule has 0 saturated carbocycles. The van der Waals surface area contributed by atoms with Gasteiger partial charge in [-0.25, -0.2) is 4.39 Å². The fourth-order valence-corrected chi connectivity index (χ4v) is 4.91. The second-order valence-electron chi connectivity index (χ2n) is 8.64. The molecule has 1 aromatic carbocycles. The lowest BCUT2D eigenvalue weighted by atomic mass is 10.1. The number of anilines is 1. The SMILES string of the molecule is CCN1CCN(c2ccc(CNC(=NC)N3CCC(N4CCOCC4)C3)cc2F)CC1.I. The third kappa shape index (κ3) is 6.24. The molecule has 9 heteroatoms. The number of hydrogen-bond acceptors (Lipinski definition) is 5. The predicted molar refractivity (Wildman–Crippen MR) is 139 cm³/mol. The summed E-state index contributed by atoms with van der Waals surface area (Å²) in [5.74, 6) is 0.767. The second kappa shape index (κ2) is 12.3. The zero-order chi connectivity index (χ0) is 21.6. The number of likely N-dealkylation sites (N-methyl/N-ethyl adjacent to an activating group) is 1. The van der Waals surface area contributed by atoms with Crippen LogP contribution >= 0.6 is 24.0 Å². The summed E-state index contributed by atoms with van der Waals surface area (Å²) in [6.07, 6.45) is 1.15. The van der Waals surface area contributed by atoms with Crippen LogP contribution in [-0.4, -0.2) is 106 Å². The van der Waals surface area contributed by atoms with Crippen molar-refractivity contribution >= 4 is 35.6 Å². The summed E-state index contributed by atoms with van der Waals surface area (Å²) in [5, 5.41) is 3.44. The van der Waals surface area contributed by atoms with Gasteiger partial charge in [0.25, 0.3) is 0 Å². The number of benzene rings is 1. The van der Waals surface area contributed by atoms with Gasteiger partial charge in [0.1, 0.15) is 5.82 Å². The maximum atomic E-state index is 14.8. The van der Waals surface area contributed by atoms with Crippen LogP contribution in [0.15, 0.2) is 23.2 Å². The van der Waals surface area contributed by atoms with Crippen LogP contribution in [0.2, 0.25) is 0 Å². The number of likely N-dealkylation sites (tertiary alicyclic amines) is 1. The summed E-state index contributed by atoms with van der Waals surface area (Å²) in [4.78, 5) is 13.9. The molecule has 0 bridgehead atoms. The summed E-state index contributed by atoms with van der Waals surface area (Å²) in [7, 11) is 1.82. The lowest BCUT2D eigenvalue weighted by Crippen LogP contribution is -2.46. The molecule has 180 valence electrons. The Morgan fingerprint density at radius 1 is 1.12 bits per heavy atom. The van der Waals surface area contributed by atoms with Gasteiger partial charge < -0.3 is 24.8 Å². The van der Waals surface area contributed by atoms with Crippen LogP contribution in [0.4, 0.5) is 10.1 Å². The van der Waals surface area contributed by atoms with Crippen LogP contribution < -0.4 is 10.2 Å². The fraction of sp³-hybridized carbons (Fsp3) is 0.696. The van der Waals surface area contributed by atoms with E-state index in [0.717, 1.165) is 95.7 Å². The average molecular weight is 561 g/mol. The number of piperazine rings is 1. The fourth-order valence-electron chi connectivity index (χ4n) is 4.91. The van der Waals surface area contributed by atoms with Crippen molar-refractivity contribution in [2.45, 2.75) is 25.9 Å². The van der Waals surface area contributed by atoms with E-state index in [9.17, 15) is 4.39 Å². The minimum Gasteiger partial charge on any atom is -0.379 e. The molecule has 0 spiro atoms. The van der Waals surface area contributed by atoms with Crippen LogP contribution in [-0.2, 0) is 11.3 Å². The van der Waals surface area contributed by atoms with E-state index in [1.54, 1.807) is 6.07 Å². The highest BCUT2D eigenvalue weighted by molar-refractivity contribution is 14.0. The van der Waals surface area contributed by atoms with Crippen molar-refractivity contribution in [1.29, 1.82) is 0 Å². The molecular weight excluding hydrogens is 522 g/mol. The Morgan fingerprint density at radius 2 is 1.88 bits per heavy atom. The Balaban J connectivity index is 0.00000289. The Hall–Kier alpha value is -1.17. The smallest absolute Gasteiger partial charge is 0.193 e. The Kier molecular flexibility index (Phi) is 9.81. The van der Waals surface area contributed by atoms with Crippen LogP contribution in [0.1, 0.15) is 18.9 Å². The third-order valence-corrected chi connectivity index (χ3v) is 6.86. The minimum absolute atomic E-state index is 0. The van der Waals surface area contributed by atoms with Crippen LogP contribution in [0.25, 0.3) is 0 Å². The standard InChI is InChI=1S/C23H37FN6O.HI/c1-3-27-8-10-29(11-9-27)22-5-4-19(16-21(22)24)17-26-23(25-2)30-7-6-20(18-30)28-12-14-31-15-13-28;/h4-5,16,20H,3,6-15,17-18H2,1-2H3,(H,25,26);1H. The Labute approximate surface area is 209 Å². The summed E-state index contributed by atoms with van der Waals surface area (Å²) < 4.78 is 20.3. The van der Waals surface area contributed by atoms with E-state index in [0.29, 0.717) is 12.6 Å².